The summed E-state index contributed by atoms with van der Waals surface area (Å²) in [7, 11) is 0. The number of aromatic nitrogens is 2. The smallest absolute Gasteiger partial charge is 0.331 e. The van der Waals surface area contributed by atoms with Crippen molar-refractivity contribution in [2.75, 3.05) is 0 Å². The van der Waals surface area contributed by atoms with E-state index in [0.29, 0.717) is 17.2 Å². The van der Waals surface area contributed by atoms with E-state index in [-0.39, 0.29) is 39.7 Å². The Morgan fingerprint density at radius 2 is 2.03 bits per heavy atom. The highest BCUT2D eigenvalue weighted by atomic mass is 16.4. The van der Waals surface area contributed by atoms with Gasteiger partial charge in [0.05, 0.1) is 11.7 Å². The molecule has 2 unspecified atom stereocenters. The second kappa shape index (κ2) is 9.14. The van der Waals surface area contributed by atoms with E-state index < -0.39 is 5.97 Å². The number of aromatic amines is 1. The zero-order valence-electron chi connectivity index (χ0n) is 19.3. The number of H-pyrrole nitrogens is 1. The first kappa shape index (κ1) is 23.5. The lowest BCUT2D eigenvalue weighted by Crippen LogP contribution is -2.24. The lowest BCUT2D eigenvalue weighted by molar-refractivity contribution is -0.132. The van der Waals surface area contributed by atoms with E-state index in [1.807, 2.05) is 0 Å². The number of rotatable bonds is 7. The molecule has 0 amide bonds. The van der Waals surface area contributed by atoms with Crippen molar-refractivity contribution >= 4 is 23.4 Å². The SMILES string of the molecule is CCC(C)(C)C1CCC(n2[nH]c(C)c(N=Nc3ccc(C=C(C)C(=O)O)cc3O)c2=O)C1. The third-order valence-electron chi connectivity index (χ3n) is 6.83. The lowest BCUT2D eigenvalue weighted by Gasteiger charge is -2.30. The molecule has 1 aromatic heterocycles. The van der Waals surface area contributed by atoms with Crippen molar-refractivity contribution in [2.24, 2.45) is 21.6 Å². The molecule has 1 aliphatic rings. The maximum absolute atomic E-state index is 13.0. The standard InChI is InChI=1S/C24H32N4O4/c1-6-24(4,5)17-8-9-18(13-17)28-22(30)21(15(3)27-28)26-25-19-10-7-16(12-20(19)29)11-14(2)23(31)32/h7,10-12,17-18,27,29H,6,8-9,13H2,1-5H3,(H,31,32). The van der Waals surface area contributed by atoms with Crippen molar-refractivity contribution in [1.29, 1.82) is 0 Å². The second-order valence-electron chi connectivity index (χ2n) is 9.35. The third-order valence-corrected chi connectivity index (χ3v) is 6.83. The molecule has 8 heteroatoms. The molecule has 172 valence electrons. The molecule has 3 rings (SSSR count). The number of phenols is 1. The van der Waals surface area contributed by atoms with Gasteiger partial charge in [-0.3, -0.25) is 9.89 Å². The number of aromatic hydroxyl groups is 1. The molecule has 0 spiro atoms. The molecule has 32 heavy (non-hydrogen) atoms. The number of aryl methyl sites for hydroxylation is 1. The van der Waals surface area contributed by atoms with E-state index in [1.54, 1.807) is 17.7 Å². The van der Waals surface area contributed by atoms with E-state index in [9.17, 15) is 14.7 Å². The van der Waals surface area contributed by atoms with Crippen molar-refractivity contribution in [3.05, 3.63) is 45.4 Å². The molecule has 1 aromatic carbocycles. The molecule has 1 fully saturated rings. The van der Waals surface area contributed by atoms with Crippen LogP contribution < -0.4 is 5.56 Å². The summed E-state index contributed by atoms with van der Waals surface area (Å²) in [5.41, 5.74) is 1.80. The molecular weight excluding hydrogens is 408 g/mol. The number of nitrogens with zero attached hydrogens (tertiary/aromatic N) is 3. The topological polar surface area (TPSA) is 120 Å². The van der Waals surface area contributed by atoms with Gasteiger partial charge in [-0.15, -0.1) is 10.2 Å². The van der Waals surface area contributed by atoms with Gasteiger partial charge >= 0.3 is 5.97 Å². The van der Waals surface area contributed by atoms with Crippen LogP contribution in [-0.2, 0) is 4.79 Å². The van der Waals surface area contributed by atoms with E-state index in [1.165, 1.54) is 25.1 Å². The van der Waals surface area contributed by atoms with Gasteiger partial charge in [-0.2, -0.15) is 0 Å². The molecule has 2 aromatic rings. The average molecular weight is 441 g/mol. The van der Waals surface area contributed by atoms with Crippen LogP contribution in [0.2, 0.25) is 0 Å². The van der Waals surface area contributed by atoms with Crippen molar-refractivity contribution in [1.82, 2.24) is 9.78 Å². The highest BCUT2D eigenvalue weighted by Crippen LogP contribution is 2.45. The van der Waals surface area contributed by atoms with Crippen molar-refractivity contribution < 1.29 is 15.0 Å². The Bertz CT molecular complexity index is 1120. The minimum atomic E-state index is -1.03. The summed E-state index contributed by atoms with van der Waals surface area (Å²) in [5.74, 6) is -0.596. The number of hydrogen-bond acceptors (Lipinski definition) is 5. The minimum absolute atomic E-state index is 0.123. The number of nitrogens with one attached hydrogen (secondary N) is 1. The molecular formula is C24H32N4O4. The summed E-state index contributed by atoms with van der Waals surface area (Å²) in [6.07, 6.45) is 5.57. The van der Waals surface area contributed by atoms with Crippen LogP contribution in [0, 0.1) is 18.3 Å². The normalized spacial score (nSPS) is 19.7. The number of hydrogen-bond donors (Lipinski definition) is 3. The quantitative estimate of drug-likeness (QED) is 0.368. The first-order valence-corrected chi connectivity index (χ1v) is 11.0. The number of azo groups is 1. The highest BCUT2D eigenvalue weighted by molar-refractivity contribution is 5.91. The van der Waals surface area contributed by atoms with E-state index in [2.05, 4.69) is 36.1 Å². The van der Waals surface area contributed by atoms with Crippen molar-refractivity contribution in [3.63, 3.8) is 0 Å². The summed E-state index contributed by atoms with van der Waals surface area (Å²) < 4.78 is 1.68. The predicted octanol–water partition coefficient (Wildman–Crippen LogP) is 5.87. The first-order chi connectivity index (χ1) is 15.0. The van der Waals surface area contributed by atoms with Crippen LogP contribution in [-0.4, -0.2) is 26.0 Å². The van der Waals surface area contributed by atoms with Gasteiger partial charge in [0.1, 0.15) is 11.4 Å². The zero-order valence-corrected chi connectivity index (χ0v) is 19.3. The Kier molecular flexibility index (Phi) is 6.71. The number of benzene rings is 1. The summed E-state index contributed by atoms with van der Waals surface area (Å²) in [4.78, 5) is 24.0. The van der Waals surface area contributed by atoms with Gasteiger partial charge < -0.3 is 10.2 Å². The van der Waals surface area contributed by atoms with Crippen molar-refractivity contribution in [2.45, 2.75) is 66.3 Å². The van der Waals surface area contributed by atoms with Gasteiger partial charge in [0.2, 0.25) is 0 Å². The summed E-state index contributed by atoms with van der Waals surface area (Å²) in [5, 5.41) is 30.6. The molecule has 1 saturated carbocycles. The Morgan fingerprint density at radius 1 is 1.31 bits per heavy atom. The van der Waals surface area contributed by atoms with E-state index >= 15 is 0 Å². The Morgan fingerprint density at radius 3 is 2.66 bits per heavy atom. The summed E-state index contributed by atoms with van der Waals surface area (Å²) in [6, 6.07) is 4.71. The Labute approximate surface area is 187 Å². The average Bonchev–Trinajstić information content (AvgIpc) is 3.33. The molecule has 0 aliphatic heterocycles. The summed E-state index contributed by atoms with van der Waals surface area (Å²) in [6.45, 7) is 10.1. The number of carboxylic acid groups (broad SMARTS) is 1. The van der Waals surface area contributed by atoms with Gasteiger partial charge in [0.25, 0.3) is 5.56 Å². The number of aliphatic carboxylic acids is 1. The second-order valence-corrected chi connectivity index (χ2v) is 9.35. The Hall–Kier alpha value is -3.16. The van der Waals surface area contributed by atoms with Crippen LogP contribution in [0.1, 0.15) is 70.7 Å². The number of carboxylic acids is 1. The molecule has 0 radical (unpaired) electrons. The molecule has 2 atom stereocenters. The fourth-order valence-electron chi connectivity index (χ4n) is 4.25. The van der Waals surface area contributed by atoms with Gasteiger partial charge in [0.15, 0.2) is 5.69 Å². The van der Waals surface area contributed by atoms with Crippen LogP contribution in [0.3, 0.4) is 0 Å². The molecule has 8 nitrogen and oxygen atoms in total. The molecule has 1 heterocycles. The van der Waals surface area contributed by atoms with E-state index in [0.717, 1.165) is 25.7 Å². The molecule has 0 saturated heterocycles. The predicted molar refractivity (Wildman–Crippen MR) is 124 cm³/mol. The fraction of sp³-hybridized carbons (Fsp3) is 0.500. The van der Waals surface area contributed by atoms with Crippen LogP contribution in [0.15, 0.2) is 38.8 Å². The zero-order chi connectivity index (χ0) is 23.6. The maximum atomic E-state index is 13.0. The summed E-state index contributed by atoms with van der Waals surface area (Å²) >= 11 is 0. The first-order valence-electron chi connectivity index (χ1n) is 11.0. The minimum Gasteiger partial charge on any atom is -0.506 e. The van der Waals surface area contributed by atoms with E-state index in [4.69, 9.17) is 5.11 Å². The lowest BCUT2D eigenvalue weighted by atomic mass is 9.76. The molecule has 0 bridgehead atoms. The van der Waals surface area contributed by atoms with Crippen LogP contribution in [0.5, 0.6) is 5.75 Å². The van der Waals surface area contributed by atoms with Gasteiger partial charge in [0, 0.05) is 5.57 Å². The van der Waals surface area contributed by atoms with Crippen LogP contribution in [0.25, 0.3) is 6.08 Å². The third kappa shape index (κ3) is 4.84. The van der Waals surface area contributed by atoms with Crippen LogP contribution >= 0.6 is 0 Å². The fourth-order valence-corrected chi connectivity index (χ4v) is 4.25. The monoisotopic (exact) mass is 440 g/mol. The number of phenolic OH excluding ortho intramolecular Hbond substituents is 1. The van der Waals surface area contributed by atoms with Gasteiger partial charge in [-0.05, 0) is 68.2 Å². The Balaban J connectivity index is 1.81. The van der Waals surface area contributed by atoms with Crippen molar-refractivity contribution in [3.8, 4) is 5.75 Å². The largest absolute Gasteiger partial charge is 0.506 e. The van der Waals surface area contributed by atoms with Crippen LogP contribution in [0.4, 0.5) is 11.4 Å². The highest BCUT2D eigenvalue weighted by Gasteiger charge is 2.36. The van der Waals surface area contributed by atoms with Gasteiger partial charge in [-0.25, -0.2) is 9.48 Å². The van der Waals surface area contributed by atoms with Gasteiger partial charge in [-0.1, -0.05) is 33.3 Å². The molecule has 1 aliphatic carbocycles. The number of carbonyl (C=O) groups is 1. The maximum Gasteiger partial charge on any atom is 0.331 e. The molecule has 3 N–H and O–H groups in total.